The molecule has 4 heteroatoms. The van der Waals surface area contributed by atoms with Gasteiger partial charge < -0.3 is 9.47 Å². The first-order valence-corrected chi connectivity index (χ1v) is 5.86. The summed E-state index contributed by atoms with van der Waals surface area (Å²) in [7, 11) is 3.25. The van der Waals surface area contributed by atoms with Crippen molar-refractivity contribution < 1.29 is 9.47 Å². The molecule has 3 nitrogen and oxygen atoms in total. The molecule has 0 aliphatic heterocycles. The van der Waals surface area contributed by atoms with Gasteiger partial charge in [0.15, 0.2) is 11.5 Å². The largest absolute Gasteiger partial charge is 0.493 e. The summed E-state index contributed by atoms with van der Waals surface area (Å²) in [5.74, 6) is 3.13. The lowest BCUT2D eigenvalue weighted by atomic mass is 10.2. The number of methoxy groups -OCH3 is 2. The fraction of sp³-hybridized carbons (Fsp3) is 0.455. The average Bonchev–Trinajstić information content (AvgIpc) is 2.29. The quantitative estimate of drug-likeness (QED) is 0.695. The molecule has 1 rings (SSSR count). The fourth-order valence-corrected chi connectivity index (χ4v) is 1.91. The van der Waals surface area contributed by atoms with Gasteiger partial charge in [0.1, 0.15) is 0 Å². The van der Waals surface area contributed by atoms with Crippen molar-refractivity contribution in [2.45, 2.75) is 5.75 Å². The predicted octanol–water partition coefficient (Wildman–Crippen LogP) is 2.01. The molecule has 1 aromatic carbocycles. The van der Waals surface area contributed by atoms with Gasteiger partial charge in [0, 0.05) is 18.1 Å². The number of ether oxygens (including phenoxy) is 2. The Balaban J connectivity index is 2.66. The van der Waals surface area contributed by atoms with Crippen molar-refractivity contribution in [2.24, 2.45) is 0 Å². The van der Waals surface area contributed by atoms with Crippen LogP contribution in [0.25, 0.3) is 0 Å². The Morgan fingerprint density at radius 3 is 2.53 bits per heavy atom. The minimum absolute atomic E-state index is 0.220. The normalized spacial score (nSPS) is 10.1. The molecule has 0 spiro atoms. The van der Waals surface area contributed by atoms with Crippen LogP contribution in [0.15, 0.2) is 18.2 Å². The topological polar surface area (TPSA) is 40.8 Å². The lowest BCUT2D eigenvalue weighted by Gasteiger charge is -2.09. The van der Waals surface area contributed by atoms with Crippen LogP contribution < -0.4 is 15.2 Å². The molecule has 2 radical (unpaired) electrons. The van der Waals surface area contributed by atoms with Gasteiger partial charge in [-0.05, 0) is 17.7 Å². The molecule has 0 fully saturated rings. The second-order valence-electron chi connectivity index (χ2n) is 2.97. The third kappa shape index (κ3) is 3.64. The van der Waals surface area contributed by atoms with Crippen molar-refractivity contribution in [3.63, 3.8) is 0 Å². The Morgan fingerprint density at radius 1 is 1.20 bits per heavy atom. The van der Waals surface area contributed by atoms with Gasteiger partial charge in [0.25, 0.3) is 0 Å². The molecule has 0 aliphatic rings. The van der Waals surface area contributed by atoms with Crippen LogP contribution in [0, 0.1) is 0 Å². The van der Waals surface area contributed by atoms with Gasteiger partial charge in [-0.3, -0.25) is 0 Å². The van der Waals surface area contributed by atoms with Crippen LogP contribution in [0.2, 0.25) is 0 Å². The van der Waals surface area contributed by atoms with E-state index in [-0.39, 0.29) is 6.54 Å². The highest BCUT2D eigenvalue weighted by atomic mass is 32.2. The Bertz CT molecular complexity index is 305. The minimum atomic E-state index is 0.220. The van der Waals surface area contributed by atoms with Crippen LogP contribution in [-0.4, -0.2) is 26.5 Å². The third-order valence-corrected chi connectivity index (χ3v) is 2.96. The van der Waals surface area contributed by atoms with Gasteiger partial charge in [0.05, 0.1) is 14.2 Å². The number of rotatable bonds is 6. The van der Waals surface area contributed by atoms with E-state index in [1.165, 1.54) is 5.56 Å². The monoisotopic (exact) mass is 225 g/mol. The summed E-state index contributed by atoms with van der Waals surface area (Å²) in [6, 6.07) is 5.86. The van der Waals surface area contributed by atoms with Gasteiger partial charge in [-0.15, -0.1) is 5.73 Å². The van der Waals surface area contributed by atoms with Crippen LogP contribution >= 0.6 is 11.8 Å². The first-order chi connectivity index (χ1) is 7.31. The van der Waals surface area contributed by atoms with Crippen molar-refractivity contribution in [2.75, 3.05) is 26.5 Å². The Labute approximate surface area is 94.9 Å². The van der Waals surface area contributed by atoms with E-state index in [0.717, 1.165) is 23.0 Å². The van der Waals surface area contributed by atoms with E-state index in [2.05, 4.69) is 0 Å². The molecule has 0 saturated carbocycles. The summed E-state index contributed by atoms with van der Waals surface area (Å²) in [4.78, 5) is 0. The number of nitrogens with zero attached hydrogens (tertiary/aromatic N) is 1. The van der Waals surface area contributed by atoms with Crippen LogP contribution in [-0.2, 0) is 5.75 Å². The number of thioether (sulfide) groups is 1. The van der Waals surface area contributed by atoms with E-state index in [4.69, 9.17) is 15.2 Å². The molecule has 15 heavy (non-hydrogen) atoms. The average molecular weight is 225 g/mol. The molecule has 0 atom stereocenters. The minimum Gasteiger partial charge on any atom is -0.493 e. The highest BCUT2D eigenvalue weighted by Gasteiger charge is 2.04. The number of hydrogen-bond donors (Lipinski definition) is 0. The second-order valence-corrected chi connectivity index (χ2v) is 4.07. The molecule has 0 amide bonds. The molecule has 0 aliphatic carbocycles. The van der Waals surface area contributed by atoms with E-state index < -0.39 is 0 Å². The summed E-state index contributed by atoms with van der Waals surface area (Å²) in [6.07, 6.45) is 0. The Kier molecular flexibility index (Phi) is 5.36. The van der Waals surface area contributed by atoms with E-state index in [1.807, 2.05) is 18.2 Å². The summed E-state index contributed by atoms with van der Waals surface area (Å²) in [5.41, 5.74) is 9.83. The summed E-state index contributed by atoms with van der Waals surface area (Å²) in [6.45, 7) is 0.220. The number of benzene rings is 1. The molecule has 0 aromatic heterocycles. The zero-order valence-electron chi connectivity index (χ0n) is 9.03. The van der Waals surface area contributed by atoms with E-state index in [9.17, 15) is 0 Å². The van der Waals surface area contributed by atoms with E-state index in [0.29, 0.717) is 0 Å². The third-order valence-electron chi connectivity index (χ3n) is 1.95. The molecule has 0 unspecified atom stereocenters. The van der Waals surface area contributed by atoms with Crippen LogP contribution in [0.5, 0.6) is 11.5 Å². The molecule has 0 saturated heterocycles. The van der Waals surface area contributed by atoms with Crippen molar-refractivity contribution >= 4 is 11.8 Å². The predicted molar refractivity (Wildman–Crippen MR) is 62.7 cm³/mol. The maximum absolute atomic E-state index is 8.66. The maximum atomic E-state index is 8.66. The first kappa shape index (κ1) is 12.2. The standard InChI is InChI=1S/C11H15NO2S/c1-13-10-4-3-9(7-11(10)14-2)8-15-6-5-12/h3-4,7H,5-6,8H2,1-2H3. The lowest BCUT2D eigenvalue weighted by molar-refractivity contribution is 0.354. The molecule has 0 bridgehead atoms. The molecular formula is C11H15NO2S. The summed E-state index contributed by atoms with van der Waals surface area (Å²) in [5, 5.41) is 0. The van der Waals surface area contributed by atoms with E-state index in [1.54, 1.807) is 26.0 Å². The molecule has 0 heterocycles. The van der Waals surface area contributed by atoms with Crippen LogP contribution in [0.1, 0.15) is 5.56 Å². The van der Waals surface area contributed by atoms with Crippen LogP contribution in [0.3, 0.4) is 0 Å². The summed E-state index contributed by atoms with van der Waals surface area (Å²) >= 11 is 1.69. The Hall–Kier alpha value is -0.870. The highest BCUT2D eigenvalue weighted by Crippen LogP contribution is 2.28. The smallest absolute Gasteiger partial charge is 0.161 e. The van der Waals surface area contributed by atoms with Crippen LogP contribution in [0.4, 0.5) is 0 Å². The second kappa shape index (κ2) is 6.58. The van der Waals surface area contributed by atoms with Crippen molar-refractivity contribution in [1.29, 1.82) is 0 Å². The van der Waals surface area contributed by atoms with Crippen molar-refractivity contribution in [3.8, 4) is 11.5 Å². The van der Waals surface area contributed by atoms with Gasteiger partial charge in [-0.1, -0.05) is 6.07 Å². The number of hydrogen-bond acceptors (Lipinski definition) is 3. The summed E-state index contributed by atoms with van der Waals surface area (Å²) < 4.78 is 10.3. The van der Waals surface area contributed by atoms with E-state index >= 15 is 0 Å². The highest BCUT2D eigenvalue weighted by molar-refractivity contribution is 7.98. The maximum Gasteiger partial charge on any atom is 0.161 e. The van der Waals surface area contributed by atoms with Gasteiger partial charge >= 0.3 is 0 Å². The van der Waals surface area contributed by atoms with Gasteiger partial charge in [-0.2, -0.15) is 11.8 Å². The Morgan fingerprint density at radius 2 is 1.93 bits per heavy atom. The SMILES string of the molecule is COc1ccc(CSCC[N])cc1OC. The van der Waals surface area contributed by atoms with Gasteiger partial charge in [-0.25, -0.2) is 0 Å². The molecule has 1 aromatic rings. The lowest BCUT2D eigenvalue weighted by Crippen LogP contribution is -1.93. The zero-order valence-corrected chi connectivity index (χ0v) is 9.84. The van der Waals surface area contributed by atoms with Gasteiger partial charge in [0.2, 0.25) is 0 Å². The first-order valence-electron chi connectivity index (χ1n) is 4.71. The molecule has 0 N–H and O–H groups in total. The van der Waals surface area contributed by atoms with Crippen molar-refractivity contribution in [1.82, 2.24) is 5.73 Å². The fourth-order valence-electron chi connectivity index (χ4n) is 1.22. The zero-order chi connectivity index (χ0) is 11.1. The molecule has 82 valence electrons. The molecular weight excluding hydrogens is 210 g/mol. The van der Waals surface area contributed by atoms with Crippen molar-refractivity contribution in [3.05, 3.63) is 23.8 Å².